The molecule has 0 radical (unpaired) electrons. The van der Waals surface area contributed by atoms with Gasteiger partial charge in [0.25, 0.3) is 0 Å². The smallest absolute Gasteiger partial charge is 0.243 e. The van der Waals surface area contributed by atoms with Gasteiger partial charge in [0, 0.05) is 24.9 Å². The molecule has 0 aliphatic carbocycles. The molecule has 0 amide bonds. The first-order chi connectivity index (χ1) is 8.66. The maximum atomic E-state index is 5.23. The van der Waals surface area contributed by atoms with Gasteiger partial charge in [-0.05, 0) is 13.0 Å². The van der Waals surface area contributed by atoms with Crippen LogP contribution < -0.4 is 5.32 Å². The fourth-order valence-electron chi connectivity index (χ4n) is 1.57. The van der Waals surface area contributed by atoms with Gasteiger partial charge in [-0.3, -0.25) is 4.68 Å². The average molecular weight is 249 g/mol. The third kappa shape index (κ3) is 3.16. The van der Waals surface area contributed by atoms with E-state index in [4.69, 9.17) is 4.52 Å². The summed E-state index contributed by atoms with van der Waals surface area (Å²) in [6.07, 6.45) is 3.71. The van der Waals surface area contributed by atoms with Gasteiger partial charge in [0.2, 0.25) is 5.89 Å². The molecule has 1 atom stereocenters. The summed E-state index contributed by atoms with van der Waals surface area (Å²) in [6, 6.07) is 1.97. The summed E-state index contributed by atoms with van der Waals surface area (Å²) in [4.78, 5) is 4.36. The van der Waals surface area contributed by atoms with Crippen molar-refractivity contribution in [3.05, 3.63) is 30.2 Å². The third-order valence-corrected chi connectivity index (χ3v) is 2.69. The molecule has 6 heteroatoms. The minimum atomic E-state index is 0.0561. The molecular weight excluding hydrogens is 230 g/mol. The van der Waals surface area contributed by atoms with Crippen LogP contribution in [0, 0.1) is 0 Å². The lowest BCUT2D eigenvalue weighted by atomic mass is 10.2. The molecule has 0 saturated carbocycles. The lowest BCUT2D eigenvalue weighted by Gasteiger charge is -2.09. The summed E-state index contributed by atoms with van der Waals surface area (Å²) >= 11 is 0. The van der Waals surface area contributed by atoms with Crippen molar-refractivity contribution in [1.29, 1.82) is 0 Å². The molecule has 2 heterocycles. The summed E-state index contributed by atoms with van der Waals surface area (Å²) in [5.41, 5.74) is 0. The average Bonchev–Trinajstić information content (AvgIpc) is 2.99. The van der Waals surface area contributed by atoms with E-state index in [9.17, 15) is 0 Å². The highest BCUT2D eigenvalue weighted by Gasteiger charge is 2.15. The molecule has 2 aromatic heterocycles. The molecule has 0 aromatic carbocycles. The van der Waals surface area contributed by atoms with Gasteiger partial charge in [0.1, 0.15) is 0 Å². The molecule has 1 N–H and O–H groups in total. The number of aromatic nitrogens is 4. The van der Waals surface area contributed by atoms with Crippen LogP contribution in [-0.2, 0) is 6.54 Å². The monoisotopic (exact) mass is 249 g/mol. The summed E-state index contributed by atoms with van der Waals surface area (Å²) in [5, 5.41) is 11.4. The van der Waals surface area contributed by atoms with Crippen LogP contribution in [0.25, 0.3) is 0 Å². The van der Waals surface area contributed by atoms with Gasteiger partial charge in [-0.15, -0.1) is 0 Å². The Labute approximate surface area is 106 Å². The zero-order chi connectivity index (χ0) is 13.0. The molecule has 0 spiro atoms. The lowest BCUT2D eigenvalue weighted by Crippen LogP contribution is -2.23. The maximum Gasteiger partial charge on any atom is 0.243 e. The van der Waals surface area contributed by atoms with Gasteiger partial charge in [0.15, 0.2) is 5.82 Å². The normalized spacial score (nSPS) is 13.1. The van der Waals surface area contributed by atoms with E-state index in [0.29, 0.717) is 11.8 Å². The van der Waals surface area contributed by atoms with Gasteiger partial charge in [-0.25, -0.2) is 0 Å². The SMILES string of the molecule is CC(C)c1noc(C(C)NCCn2cccn2)n1. The van der Waals surface area contributed by atoms with E-state index in [1.165, 1.54) is 0 Å². The zero-order valence-corrected chi connectivity index (χ0v) is 11.0. The maximum absolute atomic E-state index is 5.23. The van der Waals surface area contributed by atoms with Crippen molar-refractivity contribution in [3.63, 3.8) is 0 Å². The predicted molar refractivity (Wildman–Crippen MR) is 67.0 cm³/mol. The zero-order valence-electron chi connectivity index (χ0n) is 11.0. The number of nitrogens with zero attached hydrogens (tertiary/aromatic N) is 4. The fraction of sp³-hybridized carbons (Fsp3) is 0.583. The Kier molecular flexibility index (Phi) is 4.09. The van der Waals surface area contributed by atoms with E-state index in [0.717, 1.165) is 18.9 Å². The van der Waals surface area contributed by atoms with Gasteiger partial charge in [-0.2, -0.15) is 10.1 Å². The van der Waals surface area contributed by atoms with Crippen molar-refractivity contribution in [2.45, 2.75) is 39.3 Å². The second kappa shape index (κ2) is 5.77. The molecule has 0 aliphatic heterocycles. The minimum Gasteiger partial charge on any atom is -0.338 e. The standard InChI is InChI=1S/C12H19N5O/c1-9(2)11-15-12(18-16-11)10(3)13-6-8-17-7-4-5-14-17/h4-5,7,9-10,13H,6,8H2,1-3H3. The molecule has 1 unspecified atom stereocenters. The summed E-state index contributed by atoms with van der Waals surface area (Å²) in [7, 11) is 0. The van der Waals surface area contributed by atoms with Crippen LogP contribution in [-0.4, -0.2) is 26.5 Å². The summed E-state index contributed by atoms with van der Waals surface area (Å²) in [5.74, 6) is 1.68. The minimum absolute atomic E-state index is 0.0561. The highest BCUT2D eigenvalue weighted by Crippen LogP contribution is 2.14. The van der Waals surface area contributed by atoms with Crippen LogP contribution in [0.15, 0.2) is 23.0 Å². The number of hydrogen-bond acceptors (Lipinski definition) is 5. The molecule has 98 valence electrons. The molecular formula is C12H19N5O. The highest BCUT2D eigenvalue weighted by atomic mass is 16.5. The van der Waals surface area contributed by atoms with Crippen molar-refractivity contribution >= 4 is 0 Å². The predicted octanol–water partition coefficient (Wildman–Crippen LogP) is 1.74. The van der Waals surface area contributed by atoms with Crippen molar-refractivity contribution in [2.24, 2.45) is 0 Å². The third-order valence-electron chi connectivity index (χ3n) is 2.69. The van der Waals surface area contributed by atoms with Crippen LogP contribution in [0.5, 0.6) is 0 Å². The molecule has 0 bridgehead atoms. The van der Waals surface area contributed by atoms with Crippen LogP contribution in [0.1, 0.15) is 44.4 Å². The number of rotatable bonds is 6. The Bertz CT molecular complexity index is 463. The molecule has 0 fully saturated rings. The van der Waals surface area contributed by atoms with Crippen molar-refractivity contribution in [1.82, 2.24) is 25.2 Å². The van der Waals surface area contributed by atoms with Crippen LogP contribution in [0.4, 0.5) is 0 Å². The van der Waals surface area contributed by atoms with Gasteiger partial charge in [-0.1, -0.05) is 19.0 Å². The first-order valence-electron chi connectivity index (χ1n) is 6.21. The Morgan fingerprint density at radius 3 is 2.83 bits per heavy atom. The van der Waals surface area contributed by atoms with Crippen molar-refractivity contribution in [3.8, 4) is 0 Å². The van der Waals surface area contributed by atoms with Crippen LogP contribution in [0.2, 0.25) is 0 Å². The van der Waals surface area contributed by atoms with Crippen LogP contribution >= 0.6 is 0 Å². The fourth-order valence-corrected chi connectivity index (χ4v) is 1.57. The van der Waals surface area contributed by atoms with Crippen molar-refractivity contribution in [2.75, 3.05) is 6.54 Å². The highest BCUT2D eigenvalue weighted by molar-refractivity contribution is 4.95. The second-order valence-corrected chi connectivity index (χ2v) is 4.59. The van der Waals surface area contributed by atoms with E-state index in [1.807, 2.05) is 37.7 Å². The Balaban J connectivity index is 1.81. The van der Waals surface area contributed by atoms with Crippen LogP contribution in [0.3, 0.4) is 0 Å². The molecule has 2 rings (SSSR count). The molecule has 6 nitrogen and oxygen atoms in total. The van der Waals surface area contributed by atoms with E-state index in [2.05, 4.69) is 20.6 Å². The van der Waals surface area contributed by atoms with E-state index >= 15 is 0 Å². The topological polar surface area (TPSA) is 68.8 Å². The van der Waals surface area contributed by atoms with E-state index in [-0.39, 0.29) is 6.04 Å². The van der Waals surface area contributed by atoms with Gasteiger partial charge >= 0.3 is 0 Å². The molecule has 0 aliphatic rings. The first-order valence-corrected chi connectivity index (χ1v) is 6.21. The summed E-state index contributed by atoms with van der Waals surface area (Å²) < 4.78 is 7.11. The Morgan fingerprint density at radius 1 is 1.39 bits per heavy atom. The molecule has 18 heavy (non-hydrogen) atoms. The number of hydrogen-bond donors (Lipinski definition) is 1. The quantitative estimate of drug-likeness (QED) is 0.844. The van der Waals surface area contributed by atoms with E-state index < -0.39 is 0 Å². The van der Waals surface area contributed by atoms with Gasteiger partial charge < -0.3 is 9.84 Å². The summed E-state index contributed by atoms with van der Waals surface area (Å²) in [6.45, 7) is 7.74. The van der Waals surface area contributed by atoms with Gasteiger partial charge in [0.05, 0.1) is 12.6 Å². The van der Waals surface area contributed by atoms with Crippen molar-refractivity contribution < 1.29 is 4.52 Å². The lowest BCUT2D eigenvalue weighted by molar-refractivity contribution is 0.332. The largest absolute Gasteiger partial charge is 0.338 e. The molecule has 2 aromatic rings. The van der Waals surface area contributed by atoms with E-state index in [1.54, 1.807) is 6.20 Å². The Hall–Kier alpha value is -1.69. The first kappa shape index (κ1) is 12.8. The second-order valence-electron chi connectivity index (χ2n) is 4.59. The number of nitrogens with one attached hydrogen (secondary N) is 1. The Morgan fingerprint density at radius 2 is 2.22 bits per heavy atom. The molecule has 0 saturated heterocycles.